The Morgan fingerprint density at radius 1 is 1.26 bits per heavy atom. The van der Waals surface area contributed by atoms with Crippen LogP contribution in [-0.4, -0.2) is 52.5 Å². The van der Waals surface area contributed by atoms with E-state index in [0.717, 1.165) is 31.7 Å². The molecule has 3 atom stereocenters. The number of amides is 1. The fraction of sp³-hybridized carbons (Fsp3) is 0.944. The van der Waals surface area contributed by atoms with E-state index in [-0.39, 0.29) is 24.3 Å². The molecule has 3 unspecified atom stereocenters. The Balaban J connectivity index is 2.03. The molecule has 0 spiro atoms. The average Bonchev–Trinajstić information content (AvgIpc) is 3.19. The van der Waals surface area contributed by atoms with Gasteiger partial charge in [-0.15, -0.1) is 0 Å². The highest BCUT2D eigenvalue weighted by Crippen LogP contribution is 2.33. The van der Waals surface area contributed by atoms with Crippen molar-refractivity contribution in [3.8, 4) is 0 Å². The van der Waals surface area contributed by atoms with Crippen molar-refractivity contribution in [2.45, 2.75) is 96.6 Å². The number of carbonyl (C=O) groups is 1. The Hall–Kier alpha value is -0.810. The lowest BCUT2D eigenvalue weighted by Gasteiger charge is -2.44. The van der Waals surface area contributed by atoms with Gasteiger partial charge in [0.25, 0.3) is 0 Å². The summed E-state index contributed by atoms with van der Waals surface area (Å²) in [7, 11) is 0. The van der Waals surface area contributed by atoms with Gasteiger partial charge in [-0.2, -0.15) is 0 Å². The van der Waals surface area contributed by atoms with Gasteiger partial charge in [-0.25, -0.2) is 4.79 Å². The minimum atomic E-state index is -0.487. The minimum Gasteiger partial charge on any atom is -0.444 e. The van der Waals surface area contributed by atoms with Crippen LogP contribution >= 0.6 is 0 Å². The summed E-state index contributed by atoms with van der Waals surface area (Å²) in [5, 5.41) is 13.2. The number of hydrogen-bond acceptors (Lipinski definition) is 4. The fourth-order valence-electron chi connectivity index (χ4n) is 3.45. The predicted molar refractivity (Wildman–Crippen MR) is 91.4 cm³/mol. The molecule has 0 bridgehead atoms. The second kappa shape index (κ2) is 7.39. The number of nitrogens with zero attached hydrogens (tertiary/aromatic N) is 1. The summed E-state index contributed by atoms with van der Waals surface area (Å²) in [5.41, 5.74) is -0.487. The van der Waals surface area contributed by atoms with Gasteiger partial charge < -0.3 is 15.2 Å². The molecule has 2 fully saturated rings. The number of carbonyl (C=O) groups excluding carboxylic acids is 1. The van der Waals surface area contributed by atoms with Gasteiger partial charge in [0.05, 0.1) is 6.10 Å². The van der Waals surface area contributed by atoms with E-state index in [9.17, 15) is 9.90 Å². The lowest BCUT2D eigenvalue weighted by atomic mass is 9.86. The van der Waals surface area contributed by atoms with Crippen molar-refractivity contribution in [2.75, 3.05) is 6.54 Å². The molecule has 2 aliphatic rings. The molecule has 5 nitrogen and oxygen atoms in total. The lowest BCUT2D eigenvalue weighted by Crippen LogP contribution is -2.58. The van der Waals surface area contributed by atoms with Gasteiger partial charge in [-0.05, 0) is 72.6 Å². The number of nitrogens with one attached hydrogen (secondary N) is 1. The lowest BCUT2D eigenvalue weighted by molar-refractivity contribution is 0.0128. The van der Waals surface area contributed by atoms with Crippen molar-refractivity contribution < 1.29 is 14.6 Å². The first kappa shape index (κ1) is 18.5. The van der Waals surface area contributed by atoms with Crippen molar-refractivity contribution in [3.05, 3.63) is 0 Å². The van der Waals surface area contributed by atoms with E-state index in [1.165, 1.54) is 12.8 Å². The number of aliphatic hydroxyl groups excluding tert-OH is 1. The number of ether oxygens (including phenoxy) is 1. The Kier molecular flexibility index (Phi) is 5.95. The second-order valence-electron chi connectivity index (χ2n) is 8.52. The molecule has 2 rings (SSSR count). The maximum Gasteiger partial charge on any atom is 0.407 e. The monoisotopic (exact) mass is 326 g/mol. The third-order valence-corrected chi connectivity index (χ3v) is 4.75. The molecule has 0 aromatic rings. The molecule has 0 aliphatic heterocycles. The van der Waals surface area contributed by atoms with E-state index in [1.807, 2.05) is 20.8 Å². The van der Waals surface area contributed by atoms with Gasteiger partial charge >= 0.3 is 6.09 Å². The van der Waals surface area contributed by atoms with Crippen molar-refractivity contribution in [3.63, 3.8) is 0 Å². The first-order valence-electron chi connectivity index (χ1n) is 9.09. The van der Waals surface area contributed by atoms with E-state index < -0.39 is 5.60 Å². The number of rotatable bonds is 5. The first-order valence-corrected chi connectivity index (χ1v) is 9.09. The van der Waals surface area contributed by atoms with Crippen molar-refractivity contribution in [2.24, 2.45) is 5.92 Å². The predicted octanol–water partition coefficient (Wildman–Crippen LogP) is 2.91. The van der Waals surface area contributed by atoms with Gasteiger partial charge in [0.15, 0.2) is 0 Å². The van der Waals surface area contributed by atoms with Crippen LogP contribution in [-0.2, 0) is 4.74 Å². The second-order valence-corrected chi connectivity index (χ2v) is 8.52. The molecule has 1 amide bonds. The van der Waals surface area contributed by atoms with E-state index in [1.54, 1.807) is 0 Å². The molecule has 0 heterocycles. The molecule has 2 saturated carbocycles. The zero-order chi connectivity index (χ0) is 17.2. The quantitative estimate of drug-likeness (QED) is 0.815. The van der Waals surface area contributed by atoms with Gasteiger partial charge in [0.2, 0.25) is 0 Å². The third kappa shape index (κ3) is 5.96. The van der Waals surface area contributed by atoms with E-state index in [0.29, 0.717) is 6.04 Å². The molecule has 0 radical (unpaired) electrons. The first-order chi connectivity index (χ1) is 10.7. The number of hydrogen-bond donors (Lipinski definition) is 2. The van der Waals surface area contributed by atoms with Crippen LogP contribution in [0.3, 0.4) is 0 Å². The zero-order valence-corrected chi connectivity index (χ0v) is 15.3. The summed E-state index contributed by atoms with van der Waals surface area (Å²) < 4.78 is 5.42. The SMILES string of the molecule is CC(C)N(CC1CC1)C1CC(O)CCC1NC(=O)OC(C)(C)C. The van der Waals surface area contributed by atoms with Gasteiger partial charge in [0, 0.05) is 24.7 Å². The normalized spacial score (nSPS) is 29.0. The summed E-state index contributed by atoms with van der Waals surface area (Å²) in [5.74, 6) is 0.790. The van der Waals surface area contributed by atoms with E-state index in [2.05, 4.69) is 24.1 Å². The van der Waals surface area contributed by atoms with Crippen molar-refractivity contribution >= 4 is 6.09 Å². The van der Waals surface area contributed by atoms with Gasteiger partial charge in [-0.1, -0.05) is 0 Å². The molecule has 0 aromatic heterocycles. The molecule has 2 aliphatic carbocycles. The molecule has 23 heavy (non-hydrogen) atoms. The van der Waals surface area contributed by atoms with Crippen molar-refractivity contribution in [1.82, 2.24) is 10.2 Å². The minimum absolute atomic E-state index is 0.0504. The maximum absolute atomic E-state index is 12.2. The van der Waals surface area contributed by atoms with Crippen LogP contribution in [0.1, 0.15) is 66.7 Å². The summed E-state index contributed by atoms with van der Waals surface area (Å²) in [6, 6.07) is 0.648. The van der Waals surface area contributed by atoms with Crippen molar-refractivity contribution in [1.29, 1.82) is 0 Å². The van der Waals surface area contributed by atoms with Gasteiger partial charge in [-0.3, -0.25) is 4.90 Å². The Morgan fingerprint density at radius 3 is 2.43 bits per heavy atom. The van der Waals surface area contributed by atoms with Crippen LogP contribution in [0, 0.1) is 5.92 Å². The van der Waals surface area contributed by atoms with Crippen LogP contribution in [0.5, 0.6) is 0 Å². The molecular weight excluding hydrogens is 292 g/mol. The van der Waals surface area contributed by atoms with Crippen LogP contribution in [0.4, 0.5) is 4.79 Å². The molecule has 2 N–H and O–H groups in total. The number of alkyl carbamates (subject to hydrolysis) is 1. The van der Waals surface area contributed by atoms with Crippen LogP contribution in [0.25, 0.3) is 0 Å². The van der Waals surface area contributed by atoms with Gasteiger partial charge in [0.1, 0.15) is 5.60 Å². The van der Waals surface area contributed by atoms with E-state index >= 15 is 0 Å². The fourth-order valence-corrected chi connectivity index (χ4v) is 3.45. The standard InChI is InChI=1S/C18H34N2O3/c1-12(2)20(11-13-6-7-13)16-10-14(21)8-9-15(16)19-17(22)23-18(3,4)5/h12-16,21H,6-11H2,1-5H3,(H,19,22). The number of aliphatic hydroxyl groups is 1. The smallest absolute Gasteiger partial charge is 0.407 e. The summed E-state index contributed by atoms with van der Waals surface area (Å²) >= 11 is 0. The molecule has 5 heteroatoms. The highest BCUT2D eigenvalue weighted by molar-refractivity contribution is 5.68. The van der Waals surface area contributed by atoms with Crippen LogP contribution < -0.4 is 5.32 Å². The topological polar surface area (TPSA) is 61.8 Å². The molecular formula is C18H34N2O3. The summed E-state index contributed by atoms with van der Waals surface area (Å²) in [6.07, 6.45) is 4.28. The molecule has 0 aromatic carbocycles. The average molecular weight is 326 g/mol. The Morgan fingerprint density at radius 2 is 1.91 bits per heavy atom. The summed E-state index contributed by atoms with van der Waals surface area (Å²) in [6.45, 7) is 11.1. The molecule has 134 valence electrons. The zero-order valence-electron chi connectivity index (χ0n) is 15.3. The maximum atomic E-state index is 12.2. The largest absolute Gasteiger partial charge is 0.444 e. The van der Waals surface area contributed by atoms with Crippen LogP contribution in [0.2, 0.25) is 0 Å². The Labute approximate surface area is 140 Å². The third-order valence-electron chi connectivity index (χ3n) is 4.75. The Bertz CT molecular complexity index is 402. The highest BCUT2D eigenvalue weighted by atomic mass is 16.6. The molecule has 0 saturated heterocycles. The van der Waals surface area contributed by atoms with Crippen LogP contribution in [0.15, 0.2) is 0 Å². The summed E-state index contributed by atoms with van der Waals surface area (Å²) in [4.78, 5) is 14.6. The highest BCUT2D eigenvalue weighted by Gasteiger charge is 2.38. The van der Waals surface area contributed by atoms with E-state index in [4.69, 9.17) is 4.74 Å².